The van der Waals surface area contributed by atoms with Gasteiger partial charge in [-0.1, -0.05) is 47.5 Å². The van der Waals surface area contributed by atoms with Crippen molar-refractivity contribution in [2.75, 3.05) is 4.90 Å². The van der Waals surface area contributed by atoms with E-state index >= 15 is 0 Å². The number of aliphatic hydroxyl groups excluding tert-OH is 1. The van der Waals surface area contributed by atoms with E-state index in [0.717, 1.165) is 40.0 Å². The minimum Gasteiger partial charge on any atom is -0.510 e. The monoisotopic (exact) mass is 419 g/mol. The largest absolute Gasteiger partial charge is 0.510 e. The number of rotatable bonds is 1. The van der Waals surface area contributed by atoms with Crippen LogP contribution in [0.4, 0.5) is 5.69 Å². The highest BCUT2D eigenvalue weighted by molar-refractivity contribution is 6.31. The number of halogens is 1. The summed E-state index contributed by atoms with van der Waals surface area (Å²) in [6.45, 7) is 6.30. The molecule has 2 atom stereocenters. The van der Waals surface area contributed by atoms with Crippen molar-refractivity contribution in [2.45, 2.75) is 32.9 Å². The lowest BCUT2D eigenvalue weighted by molar-refractivity contribution is 0.143. The molecule has 0 aliphatic carbocycles. The third-order valence-corrected chi connectivity index (χ3v) is 6.06. The van der Waals surface area contributed by atoms with Gasteiger partial charge in [-0.3, -0.25) is 4.90 Å². The molecule has 1 N–H and O–H groups in total. The fourth-order valence-corrected chi connectivity index (χ4v) is 4.91. The number of hydrogen-bond acceptors (Lipinski definition) is 4. The first-order valence-electron chi connectivity index (χ1n) is 9.92. The summed E-state index contributed by atoms with van der Waals surface area (Å²) in [5.41, 5.74) is 6.40. The molecule has 3 aromatic carbocycles. The SMILES string of the molecule is Cc1cc(C)c(C2O/C(=C/O)N3c4cc(Cl)ccc4Oc4ccccc4[C@@H]23)c(C)c1. The highest BCUT2D eigenvalue weighted by atomic mass is 35.5. The highest BCUT2D eigenvalue weighted by Crippen LogP contribution is 2.56. The maximum absolute atomic E-state index is 10.1. The smallest absolute Gasteiger partial charge is 0.231 e. The summed E-state index contributed by atoms with van der Waals surface area (Å²) in [5.74, 6) is 1.80. The molecule has 1 fully saturated rings. The minimum absolute atomic E-state index is 0.223. The van der Waals surface area contributed by atoms with Gasteiger partial charge in [-0.25, -0.2) is 0 Å². The zero-order valence-electron chi connectivity index (χ0n) is 17.0. The molecule has 30 heavy (non-hydrogen) atoms. The Hall–Kier alpha value is -3.11. The Morgan fingerprint density at radius 3 is 2.43 bits per heavy atom. The van der Waals surface area contributed by atoms with Crippen molar-refractivity contribution in [3.05, 3.63) is 99.6 Å². The first-order chi connectivity index (χ1) is 14.5. The van der Waals surface area contributed by atoms with Crippen LogP contribution in [0.2, 0.25) is 5.02 Å². The molecule has 5 rings (SSSR count). The summed E-state index contributed by atoms with van der Waals surface area (Å²) < 4.78 is 12.7. The van der Waals surface area contributed by atoms with Gasteiger partial charge >= 0.3 is 0 Å². The number of hydrogen-bond donors (Lipinski definition) is 1. The van der Waals surface area contributed by atoms with Gasteiger partial charge < -0.3 is 14.6 Å². The van der Waals surface area contributed by atoms with Gasteiger partial charge in [0.1, 0.15) is 18.1 Å². The molecular formula is C25H22ClNO3. The summed E-state index contributed by atoms with van der Waals surface area (Å²) in [6.07, 6.45) is 0.698. The van der Waals surface area contributed by atoms with E-state index in [-0.39, 0.29) is 12.1 Å². The van der Waals surface area contributed by atoms with Gasteiger partial charge in [0.15, 0.2) is 11.9 Å². The average molecular weight is 420 g/mol. The zero-order chi connectivity index (χ0) is 21.0. The molecule has 0 spiro atoms. The molecule has 5 heteroatoms. The lowest BCUT2D eigenvalue weighted by Crippen LogP contribution is -2.23. The normalized spacial score (nSPS) is 20.7. The quantitative estimate of drug-likeness (QED) is 0.429. The second kappa shape index (κ2) is 6.99. The molecule has 2 aliphatic rings. The molecule has 0 radical (unpaired) electrons. The van der Waals surface area contributed by atoms with Crippen molar-refractivity contribution < 1.29 is 14.6 Å². The Balaban J connectivity index is 1.79. The predicted molar refractivity (Wildman–Crippen MR) is 118 cm³/mol. The minimum atomic E-state index is -0.321. The third kappa shape index (κ3) is 2.83. The Morgan fingerprint density at radius 1 is 0.967 bits per heavy atom. The molecule has 1 unspecified atom stereocenters. The summed E-state index contributed by atoms with van der Waals surface area (Å²) in [7, 11) is 0. The van der Waals surface area contributed by atoms with Crippen LogP contribution in [-0.4, -0.2) is 5.11 Å². The summed E-state index contributed by atoms with van der Waals surface area (Å²) in [6, 6.07) is 17.6. The third-order valence-electron chi connectivity index (χ3n) is 5.82. The molecule has 1 saturated heterocycles. The van der Waals surface area contributed by atoms with E-state index in [1.165, 1.54) is 5.56 Å². The van der Waals surface area contributed by atoms with Crippen molar-refractivity contribution >= 4 is 17.3 Å². The van der Waals surface area contributed by atoms with Crippen molar-refractivity contribution in [1.82, 2.24) is 0 Å². The maximum Gasteiger partial charge on any atom is 0.231 e. The van der Waals surface area contributed by atoms with E-state index in [4.69, 9.17) is 21.1 Å². The van der Waals surface area contributed by atoms with Crippen LogP contribution in [0.1, 0.15) is 40.0 Å². The number of anilines is 1. The molecule has 0 bridgehead atoms. The van der Waals surface area contributed by atoms with Gasteiger partial charge in [0.25, 0.3) is 0 Å². The second-order valence-corrected chi connectivity index (χ2v) is 8.32. The van der Waals surface area contributed by atoms with Gasteiger partial charge in [0.2, 0.25) is 5.88 Å². The van der Waals surface area contributed by atoms with Gasteiger partial charge in [0, 0.05) is 16.1 Å². The first-order valence-corrected chi connectivity index (χ1v) is 10.3. The molecule has 0 saturated carbocycles. The molecule has 152 valence electrons. The predicted octanol–water partition coefficient (Wildman–Crippen LogP) is 7.05. The Kier molecular flexibility index (Phi) is 4.40. The Labute approximate surface area is 180 Å². The molecular weight excluding hydrogens is 398 g/mol. The lowest BCUT2D eigenvalue weighted by Gasteiger charge is -2.27. The van der Waals surface area contributed by atoms with Crippen LogP contribution in [-0.2, 0) is 4.74 Å². The van der Waals surface area contributed by atoms with Crippen LogP contribution >= 0.6 is 11.6 Å². The van der Waals surface area contributed by atoms with E-state index in [2.05, 4.69) is 39.0 Å². The van der Waals surface area contributed by atoms with Crippen LogP contribution in [0.25, 0.3) is 0 Å². The fraction of sp³-hybridized carbons (Fsp3) is 0.200. The van der Waals surface area contributed by atoms with Crippen LogP contribution in [0.3, 0.4) is 0 Å². The van der Waals surface area contributed by atoms with Crippen LogP contribution in [0, 0.1) is 20.8 Å². The number of benzene rings is 3. The van der Waals surface area contributed by atoms with Crippen molar-refractivity contribution in [3.8, 4) is 11.5 Å². The summed E-state index contributed by atoms with van der Waals surface area (Å²) >= 11 is 6.34. The second-order valence-electron chi connectivity index (χ2n) is 7.88. The number of nitrogens with zero attached hydrogens (tertiary/aromatic N) is 1. The van der Waals surface area contributed by atoms with E-state index < -0.39 is 0 Å². The highest BCUT2D eigenvalue weighted by Gasteiger charge is 2.46. The Morgan fingerprint density at radius 2 is 1.70 bits per heavy atom. The van der Waals surface area contributed by atoms with Gasteiger partial charge in [-0.05, 0) is 56.2 Å². The van der Waals surface area contributed by atoms with E-state index in [1.807, 2.05) is 35.2 Å². The number of fused-ring (bicyclic) bond motifs is 5. The van der Waals surface area contributed by atoms with Crippen LogP contribution in [0.15, 0.2) is 66.7 Å². The number of aliphatic hydroxyl groups is 1. The van der Waals surface area contributed by atoms with Crippen LogP contribution in [0.5, 0.6) is 11.5 Å². The van der Waals surface area contributed by atoms with Crippen LogP contribution < -0.4 is 9.64 Å². The van der Waals surface area contributed by atoms with Crippen molar-refractivity contribution in [1.29, 1.82) is 0 Å². The fourth-order valence-electron chi connectivity index (χ4n) is 4.75. The van der Waals surface area contributed by atoms with Gasteiger partial charge in [-0.15, -0.1) is 0 Å². The molecule has 0 amide bonds. The zero-order valence-corrected chi connectivity index (χ0v) is 17.8. The molecule has 4 nitrogen and oxygen atoms in total. The molecule has 0 aromatic heterocycles. The Bertz CT molecular complexity index is 1160. The molecule has 2 heterocycles. The number of aryl methyl sites for hydroxylation is 3. The van der Waals surface area contributed by atoms with Crippen molar-refractivity contribution in [2.24, 2.45) is 0 Å². The van der Waals surface area contributed by atoms with Gasteiger partial charge in [-0.2, -0.15) is 0 Å². The average Bonchev–Trinajstić information content (AvgIpc) is 3.00. The maximum atomic E-state index is 10.1. The standard InChI is InChI=1S/C25H22ClNO3/c1-14-10-15(2)23(16(3)11-14)25-24-18-6-4-5-7-20(18)29-21-9-8-17(26)12-19(21)27(24)22(13-28)30-25/h4-13,24-25,28H,1-3H3/b22-13+/t24-,25?/m0/s1. The first kappa shape index (κ1) is 18.9. The number of para-hydroxylation sites is 1. The van der Waals surface area contributed by atoms with E-state index in [1.54, 1.807) is 6.07 Å². The van der Waals surface area contributed by atoms with Crippen molar-refractivity contribution in [3.63, 3.8) is 0 Å². The molecule has 3 aromatic rings. The van der Waals surface area contributed by atoms with E-state index in [0.29, 0.717) is 16.7 Å². The lowest BCUT2D eigenvalue weighted by atomic mass is 9.88. The summed E-state index contributed by atoms with van der Waals surface area (Å²) in [5, 5.41) is 10.7. The molecule has 2 aliphatic heterocycles. The van der Waals surface area contributed by atoms with E-state index in [9.17, 15) is 5.11 Å². The summed E-state index contributed by atoms with van der Waals surface area (Å²) in [4.78, 5) is 1.98. The van der Waals surface area contributed by atoms with Gasteiger partial charge in [0.05, 0.1) is 5.69 Å². The number of ether oxygens (including phenoxy) is 2. The topological polar surface area (TPSA) is 41.9 Å².